The number of aryl methyl sites for hydroxylation is 1. The number of carbonyl (C=O) groups excluding carboxylic acids is 1. The van der Waals surface area contributed by atoms with E-state index >= 15 is 0 Å². The third-order valence-electron chi connectivity index (χ3n) is 4.99. The van der Waals surface area contributed by atoms with Gasteiger partial charge in [-0.1, -0.05) is 30.3 Å². The fourth-order valence-electron chi connectivity index (χ4n) is 3.25. The molecule has 9 nitrogen and oxygen atoms in total. The second-order valence-electron chi connectivity index (χ2n) is 7.25. The molecule has 3 aromatic rings. The van der Waals surface area contributed by atoms with Crippen molar-refractivity contribution < 1.29 is 19.4 Å². The number of hydrogen-bond acceptors (Lipinski definition) is 6. The van der Waals surface area contributed by atoms with Gasteiger partial charge in [0.2, 0.25) is 0 Å². The lowest BCUT2D eigenvalue weighted by atomic mass is 10.00. The molecular weight excluding hydrogens is 398 g/mol. The van der Waals surface area contributed by atoms with Gasteiger partial charge in [-0.05, 0) is 25.0 Å². The fraction of sp³-hybridized carbons (Fsp3) is 0.273. The molecule has 0 aliphatic heterocycles. The van der Waals surface area contributed by atoms with E-state index in [0.717, 1.165) is 11.1 Å². The molecule has 0 bridgehead atoms. The molecule has 1 unspecified atom stereocenters. The third kappa shape index (κ3) is 5.07. The Morgan fingerprint density at radius 2 is 1.97 bits per heavy atom. The van der Waals surface area contributed by atoms with E-state index in [2.05, 4.69) is 15.4 Å². The first kappa shape index (κ1) is 22.0. The Bertz CT molecular complexity index is 1080. The fourth-order valence-corrected chi connectivity index (χ4v) is 3.25. The van der Waals surface area contributed by atoms with Crippen LogP contribution in [0.1, 0.15) is 28.4 Å². The number of aliphatic carboxylic acids is 1. The summed E-state index contributed by atoms with van der Waals surface area (Å²) >= 11 is 0. The minimum atomic E-state index is -1.27. The van der Waals surface area contributed by atoms with Gasteiger partial charge in [0.25, 0.3) is 5.91 Å². The van der Waals surface area contributed by atoms with E-state index in [1.807, 2.05) is 30.3 Å². The highest BCUT2D eigenvalue weighted by molar-refractivity contribution is 6.03. The lowest BCUT2D eigenvalue weighted by Crippen LogP contribution is -2.48. The van der Waals surface area contributed by atoms with Crippen molar-refractivity contribution in [3.63, 3.8) is 0 Å². The molecule has 0 spiro atoms. The van der Waals surface area contributed by atoms with Crippen molar-refractivity contribution in [1.29, 1.82) is 0 Å². The number of nitrogens with zero attached hydrogens (tertiary/aromatic N) is 3. The minimum Gasteiger partial charge on any atom is -0.480 e. The van der Waals surface area contributed by atoms with Crippen molar-refractivity contribution in [3.8, 4) is 11.1 Å². The van der Waals surface area contributed by atoms with Crippen LogP contribution in [-0.4, -0.2) is 43.9 Å². The number of nitrogens with two attached hydrogens (primary N) is 1. The predicted molar refractivity (Wildman–Crippen MR) is 115 cm³/mol. The first-order valence-corrected chi connectivity index (χ1v) is 9.71. The zero-order valence-electron chi connectivity index (χ0n) is 17.6. The van der Waals surface area contributed by atoms with Crippen LogP contribution in [0.4, 0.5) is 5.82 Å². The Kier molecular flexibility index (Phi) is 6.66. The SMILES string of the molecule is Cc1c(-c2cnn(C)c2)cnc(N)c1C(=O)N[C@H](C(=O)O)C(C)OCc1ccccc1. The van der Waals surface area contributed by atoms with Gasteiger partial charge in [-0.15, -0.1) is 0 Å². The van der Waals surface area contributed by atoms with Crippen molar-refractivity contribution in [3.05, 3.63) is 65.6 Å². The molecule has 2 atom stereocenters. The maximum absolute atomic E-state index is 13.0. The van der Waals surface area contributed by atoms with Crippen LogP contribution in [0.3, 0.4) is 0 Å². The standard InChI is InChI=1S/C22H25N5O4/c1-13-17(16-9-25-27(3)11-16)10-24-20(23)18(13)21(28)26-19(22(29)30)14(2)31-12-15-7-5-4-6-8-15/h4-11,14,19H,12H2,1-3H3,(H2,23,24)(H,26,28)(H,29,30)/t14?,19-/m0/s1. The van der Waals surface area contributed by atoms with E-state index in [-0.39, 0.29) is 18.0 Å². The highest BCUT2D eigenvalue weighted by Crippen LogP contribution is 2.27. The van der Waals surface area contributed by atoms with Crippen LogP contribution in [0.15, 0.2) is 48.9 Å². The molecule has 9 heteroatoms. The molecule has 0 saturated carbocycles. The lowest BCUT2D eigenvalue weighted by molar-refractivity contribution is -0.143. The highest BCUT2D eigenvalue weighted by atomic mass is 16.5. The van der Waals surface area contributed by atoms with E-state index < -0.39 is 24.0 Å². The number of nitrogens with one attached hydrogen (secondary N) is 1. The normalized spacial score (nSPS) is 12.9. The number of carbonyl (C=O) groups is 2. The molecule has 162 valence electrons. The van der Waals surface area contributed by atoms with Crippen LogP contribution < -0.4 is 11.1 Å². The monoisotopic (exact) mass is 423 g/mol. The van der Waals surface area contributed by atoms with Crippen LogP contribution >= 0.6 is 0 Å². The van der Waals surface area contributed by atoms with Crippen molar-refractivity contribution in [1.82, 2.24) is 20.1 Å². The van der Waals surface area contributed by atoms with Gasteiger partial charge in [0, 0.05) is 30.6 Å². The Labute approximate surface area is 179 Å². The van der Waals surface area contributed by atoms with Gasteiger partial charge in [-0.3, -0.25) is 9.48 Å². The second-order valence-corrected chi connectivity index (χ2v) is 7.25. The molecule has 2 heterocycles. The number of pyridine rings is 1. The number of nitrogen functional groups attached to an aromatic ring is 1. The minimum absolute atomic E-state index is 0.0182. The number of benzene rings is 1. The van der Waals surface area contributed by atoms with Gasteiger partial charge in [0.15, 0.2) is 6.04 Å². The zero-order valence-corrected chi connectivity index (χ0v) is 17.6. The van der Waals surface area contributed by atoms with E-state index in [1.54, 1.807) is 44.2 Å². The first-order valence-electron chi connectivity index (χ1n) is 9.71. The van der Waals surface area contributed by atoms with Crippen molar-refractivity contribution >= 4 is 17.7 Å². The predicted octanol–water partition coefficient (Wildman–Crippen LogP) is 2.16. The van der Waals surface area contributed by atoms with Crippen molar-refractivity contribution in [2.24, 2.45) is 7.05 Å². The average molecular weight is 423 g/mol. The average Bonchev–Trinajstić information content (AvgIpc) is 3.16. The number of anilines is 1. The van der Waals surface area contributed by atoms with Crippen LogP contribution in [0.5, 0.6) is 0 Å². The van der Waals surface area contributed by atoms with Crippen LogP contribution in [-0.2, 0) is 23.2 Å². The summed E-state index contributed by atoms with van der Waals surface area (Å²) in [5.41, 5.74) is 9.04. The number of carboxylic acids is 1. The molecule has 1 aromatic carbocycles. The van der Waals surface area contributed by atoms with Crippen LogP contribution in [0.2, 0.25) is 0 Å². The quantitative estimate of drug-likeness (QED) is 0.506. The van der Waals surface area contributed by atoms with E-state index in [0.29, 0.717) is 11.1 Å². The topological polar surface area (TPSA) is 132 Å². The molecule has 2 aromatic heterocycles. The summed E-state index contributed by atoms with van der Waals surface area (Å²) in [5, 5.41) is 16.3. The summed E-state index contributed by atoms with van der Waals surface area (Å²) in [7, 11) is 1.78. The number of ether oxygens (including phenoxy) is 1. The van der Waals surface area contributed by atoms with E-state index in [9.17, 15) is 14.7 Å². The summed E-state index contributed by atoms with van der Waals surface area (Å²) in [6, 6.07) is 8.10. The van der Waals surface area contributed by atoms with Crippen molar-refractivity contribution in [2.45, 2.75) is 32.6 Å². The lowest BCUT2D eigenvalue weighted by Gasteiger charge is -2.23. The van der Waals surface area contributed by atoms with Gasteiger partial charge in [-0.25, -0.2) is 9.78 Å². The molecule has 3 rings (SSSR count). The van der Waals surface area contributed by atoms with Crippen molar-refractivity contribution in [2.75, 3.05) is 5.73 Å². The highest BCUT2D eigenvalue weighted by Gasteiger charge is 2.29. The number of rotatable bonds is 8. The molecule has 0 fully saturated rings. The number of carboxylic acid groups (broad SMARTS) is 1. The summed E-state index contributed by atoms with van der Waals surface area (Å²) in [4.78, 5) is 28.9. The smallest absolute Gasteiger partial charge is 0.328 e. The van der Waals surface area contributed by atoms with Gasteiger partial charge >= 0.3 is 5.97 Å². The Balaban J connectivity index is 1.80. The zero-order chi connectivity index (χ0) is 22.5. The first-order chi connectivity index (χ1) is 14.8. The molecular formula is C22H25N5O4. The summed E-state index contributed by atoms with van der Waals surface area (Å²) in [6.07, 6.45) is 4.24. The Morgan fingerprint density at radius 3 is 2.58 bits per heavy atom. The molecule has 0 aliphatic carbocycles. The largest absolute Gasteiger partial charge is 0.480 e. The molecule has 0 radical (unpaired) electrons. The molecule has 1 amide bonds. The van der Waals surface area contributed by atoms with Gasteiger partial charge in [0.1, 0.15) is 5.82 Å². The second kappa shape index (κ2) is 9.40. The van der Waals surface area contributed by atoms with Crippen LogP contribution in [0, 0.1) is 6.92 Å². The third-order valence-corrected chi connectivity index (χ3v) is 4.99. The Morgan fingerprint density at radius 1 is 1.26 bits per heavy atom. The van der Waals surface area contributed by atoms with Crippen LogP contribution in [0.25, 0.3) is 11.1 Å². The van der Waals surface area contributed by atoms with Gasteiger partial charge in [-0.2, -0.15) is 5.10 Å². The summed E-state index contributed by atoms with van der Waals surface area (Å²) in [6.45, 7) is 3.56. The number of hydrogen-bond donors (Lipinski definition) is 3. The Hall–Kier alpha value is -3.72. The summed E-state index contributed by atoms with van der Waals surface area (Å²) in [5.74, 6) is -1.82. The van der Waals surface area contributed by atoms with E-state index in [1.165, 1.54) is 0 Å². The maximum Gasteiger partial charge on any atom is 0.328 e. The summed E-state index contributed by atoms with van der Waals surface area (Å²) < 4.78 is 7.33. The molecule has 0 aliphatic rings. The van der Waals surface area contributed by atoms with Gasteiger partial charge in [0.05, 0.1) is 24.5 Å². The van der Waals surface area contributed by atoms with E-state index in [4.69, 9.17) is 10.5 Å². The maximum atomic E-state index is 13.0. The molecule has 0 saturated heterocycles. The molecule has 4 N–H and O–H groups in total. The number of aromatic nitrogens is 3. The number of amides is 1. The van der Waals surface area contributed by atoms with Gasteiger partial charge < -0.3 is 20.9 Å². The molecule has 31 heavy (non-hydrogen) atoms.